The van der Waals surface area contributed by atoms with Gasteiger partial charge < -0.3 is 19.4 Å². The van der Waals surface area contributed by atoms with E-state index in [0.717, 1.165) is 15.3 Å². The minimum atomic E-state index is -2.99. The second kappa shape index (κ2) is 9.68. The summed E-state index contributed by atoms with van der Waals surface area (Å²) >= 11 is 0. The fourth-order valence-corrected chi connectivity index (χ4v) is 4.31. The lowest BCUT2D eigenvalue weighted by Gasteiger charge is -2.28. The van der Waals surface area contributed by atoms with Gasteiger partial charge in [0, 0.05) is 25.4 Å². The monoisotopic (exact) mass is 496 g/mol. The van der Waals surface area contributed by atoms with E-state index in [0.29, 0.717) is 0 Å². The van der Waals surface area contributed by atoms with Crippen LogP contribution in [0.2, 0.25) is 0 Å². The molecule has 1 aliphatic rings. The SMILES string of the molecule is COc1c(=O)n([C@H]2CCOC[C@H]2F)cc2c(NC(C)c3cccc(C(F)F)c3F)nn(C)c(=O)c12. The molecule has 3 heterocycles. The summed E-state index contributed by atoms with van der Waals surface area (Å²) in [6, 6.07) is 1.96. The molecule has 0 spiro atoms. The lowest BCUT2D eigenvalue weighted by Crippen LogP contribution is -2.37. The number of halogens is 4. The van der Waals surface area contributed by atoms with Crippen LogP contribution in [0.4, 0.5) is 23.4 Å². The molecule has 12 heteroatoms. The van der Waals surface area contributed by atoms with Crippen molar-refractivity contribution in [2.24, 2.45) is 7.05 Å². The second-order valence-electron chi connectivity index (χ2n) is 8.30. The zero-order valence-electron chi connectivity index (χ0n) is 19.2. The number of hydrogen-bond donors (Lipinski definition) is 1. The van der Waals surface area contributed by atoms with Crippen LogP contribution in [0.1, 0.15) is 43.0 Å². The third-order valence-electron chi connectivity index (χ3n) is 6.13. The van der Waals surface area contributed by atoms with Crippen LogP contribution < -0.4 is 21.2 Å². The van der Waals surface area contributed by atoms with Gasteiger partial charge >= 0.3 is 0 Å². The standard InChI is InChI=1S/C23H24F4N4O4/c1-11(12-5-4-6-13(18(12)25)20(26)27)28-21-14-9-31(16-7-8-35-10-15(16)24)23(33)19(34-3)17(14)22(32)30(2)29-21/h4-6,9,11,15-16,20H,7-8,10H2,1-3H3,(H,28,29)/t11?,15-,16+/m1/s1. The maximum Gasteiger partial charge on any atom is 0.294 e. The van der Waals surface area contributed by atoms with Gasteiger partial charge in [0.05, 0.1) is 36.8 Å². The molecule has 35 heavy (non-hydrogen) atoms. The van der Waals surface area contributed by atoms with Crippen molar-refractivity contribution in [3.8, 4) is 5.75 Å². The molecule has 1 unspecified atom stereocenters. The van der Waals surface area contributed by atoms with E-state index >= 15 is 0 Å². The number of rotatable bonds is 6. The van der Waals surface area contributed by atoms with Crippen molar-refractivity contribution in [1.82, 2.24) is 14.3 Å². The number of alkyl halides is 3. The number of aryl methyl sites for hydroxylation is 1. The number of methoxy groups -OCH3 is 1. The normalized spacial score (nSPS) is 19.2. The molecule has 0 amide bonds. The fraction of sp³-hybridized carbons (Fsp3) is 0.435. The molecule has 8 nitrogen and oxygen atoms in total. The van der Waals surface area contributed by atoms with Crippen molar-refractivity contribution >= 4 is 16.6 Å². The number of benzene rings is 1. The number of fused-ring (bicyclic) bond motifs is 1. The molecule has 0 aliphatic carbocycles. The van der Waals surface area contributed by atoms with Crippen molar-refractivity contribution in [3.63, 3.8) is 0 Å². The van der Waals surface area contributed by atoms with Gasteiger partial charge in [-0.2, -0.15) is 5.10 Å². The van der Waals surface area contributed by atoms with Crippen LogP contribution in [-0.2, 0) is 11.8 Å². The van der Waals surface area contributed by atoms with Crippen LogP contribution >= 0.6 is 0 Å². The molecular weight excluding hydrogens is 472 g/mol. The number of ether oxygens (including phenoxy) is 2. The average Bonchev–Trinajstić information content (AvgIpc) is 2.82. The largest absolute Gasteiger partial charge is 0.490 e. The molecule has 0 radical (unpaired) electrons. The summed E-state index contributed by atoms with van der Waals surface area (Å²) in [5, 5.41) is 7.19. The van der Waals surface area contributed by atoms with Crippen LogP contribution in [0.3, 0.4) is 0 Å². The molecule has 1 aromatic carbocycles. The number of nitrogens with one attached hydrogen (secondary N) is 1. The van der Waals surface area contributed by atoms with Crippen molar-refractivity contribution in [2.75, 3.05) is 25.6 Å². The first-order chi connectivity index (χ1) is 16.6. The van der Waals surface area contributed by atoms with Crippen molar-refractivity contribution < 1.29 is 27.0 Å². The number of pyridine rings is 1. The highest BCUT2D eigenvalue weighted by molar-refractivity contribution is 5.94. The summed E-state index contributed by atoms with van der Waals surface area (Å²) in [7, 11) is 2.58. The van der Waals surface area contributed by atoms with Crippen molar-refractivity contribution in [2.45, 2.75) is 38.0 Å². The van der Waals surface area contributed by atoms with E-state index in [2.05, 4.69) is 10.4 Å². The Bertz CT molecular complexity index is 1370. The Hall–Kier alpha value is -3.41. The Morgan fingerprint density at radius 3 is 2.60 bits per heavy atom. The van der Waals surface area contributed by atoms with Gasteiger partial charge in [0.25, 0.3) is 17.5 Å². The molecule has 188 valence electrons. The average molecular weight is 496 g/mol. The Labute approximate surface area is 197 Å². The fourth-order valence-electron chi connectivity index (χ4n) is 4.31. The second-order valence-corrected chi connectivity index (χ2v) is 8.30. The molecular formula is C23H24F4N4O4. The minimum Gasteiger partial charge on any atom is -0.490 e. The summed E-state index contributed by atoms with van der Waals surface area (Å²) < 4.78 is 68.3. The molecule has 4 rings (SSSR count). The summed E-state index contributed by atoms with van der Waals surface area (Å²) in [6.07, 6.45) is -2.92. The van der Waals surface area contributed by atoms with Crippen LogP contribution in [0.5, 0.6) is 5.75 Å². The van der Waals surface area contributed by atoms with E-state index in [4.69, 9.17) is 9.47 Å². The molecule has 3 aromatic rings. The van der Waals surface area contributed by atoms with E-state index in [1.165, 1.54) is 39.4 Å². The van der Waals surface area contributed by atoms with Gasteiger partial charge in [-0.05, 0) is 13.3 Å². The van der Waals surface area contributed by atoms with Crippen LogP contribution in [0, 0.1) is 5.82 Å². The Morgan fingerprint density at radius 1 is 1.23 bits per heavy atom. The highest BCUT2D eigenvalue weighted by Gasteiger charge is 2.30. The Balaban J connectivity index is 1.89. The first-order valence-electron chi connectivity index (χ1n) is 10.9. The van der Waals surface area contributed by atoms with Gasteiger partial charge in [-0.25, -0.2) is 22.2 Å². The summed E-state index contributed by atoms with van der Waals surface area (Å²) in [6.45, 7) is 1.60. The molecule has 3 atom stereocenters. The molecule has 2 aromatic heterocycles. The van der Waals surface area contributed by atoms with E-state index in [1.54, 1.807) is 0 Å². The van der Waals surface area contributed by atoms with E-state index in [9.17, 15) is 27.2 Å². The van der Waals surface area contributed by atoms with Gasteiger partial charge in [0.1, 0.15) is 17.4 Å². The number of aromatic nitrogens is 3. The van der Waals surface area contributed by atoms with Crippen molar-refractivity contribution in [3.05, 3.63) is 62.0 Å². The Morgan fingerprint density at radius 2 is 1.94 bits per heavy atom. The predicted molar refractivity (Wildman–Crippen MR) is 121 cm³/mol. The maximum absolute atomic E-state index is 14.7. The molecule has 1 N–H and O–H groups in total. The Kier molecular flexibility index (Phi) is 6.84. The predicted octanol–water partition coefficient (Wildman–Crippen LogP) is 3.65. The summed E-state index contributed by atoms with van der Waals surface area (Å²) in [5.41, 5.74) is -2.10. The lowest BCUT2D eigenvalue weighted by atomic mass is 10.0. The summed E-state index contributed by atoms with van der Waals surface area (Å²) in [4.78, 5) is 26.0. The quantitative estimate of drug-likeness (QED) is 0.525. The van der Waals surface area contributed by atoms with Gasteiger partial charge in [-0.1, -0.05) is 18.2 Å². The number of anilines is 1. The van der Waals surface area contributed by atoms with Crippen LogP contribution in [-0.4, -0.2) is 40.8 Å². The number of nitrogens with zero attached hydrogens (tertiary/aromatic N) is 3. The van der Waals surface area contributed by atoms with Crippen molar-refractivity contribution in [1.29, 1.82) is 0 Å². The smallest absolute Gasteiger partial charge is 0.294 e. The van der Waals surface area contributed by atoms with E-state index in [1.807, 2.05) is 0 Å². The highest BCUT2D eigenvalue weighted by atomic mass is 19.3. The summed E-state index contributed by atoms with van der Waals surface area (Å²) in [5.74, 6) is -1.29. The molecule has 1 fully saturated rings. The zero-order chi connectivity index (χ0) is 25.4. The van der Waals surface area contributed by atoms with Crippen LogP contribution in [0.25, 0.3) is 10.8 Å². The van der Waals surface area contributed by atoms with Gasteiger partial charge in [-0.15, -0.1) is 0 Å². The van der Waals surface area contributed by atoms with Gasteiger partial charge in [0.2, 0.25) is 0 Å². The van der Waals surface area contributed by atoms with Gasteiger partial charge in [-0.3, -0.25) is 9.59 Å². The van der Waals surface area contributed by atoms with Crippen LogP contribution in [0.15, 0.2) is 34.0 Å². The molecule has 0 saturated carbocycles. The maximum atomic E-state index is 14.7. The van der Waals surface area contributed by atoms with E-state index < -0.39 is 47.2 Å². The molecule has 1 aliphatic heterocycles. The lowest BCUT2D eigenvalue weighted by molar-refractivity contribution is 0.00230. The van der Waals surface area contributed by atoms with E-state index in [-0.39, 0.29) is 47.5 Å². The molecule has 1 saturated heterocycles. The number of hydrogen-bond acceptors (Lipinski definition) is 6. The molecule has 0 bridgehead atoms. The first kappa shape index (κ1) is 24.7. The first-order valence-corrected chi connectivity index (χ1v) is 10.9. The zero-order valence-corrected chi connectivity index (χ0v) is 19.2. The van der Waals surface area contributed by atoms with Gasteiger partial charge in [0.15, 0.2) is 11.6 Å². The minimum absolute atomic E-state index is 0.0415. The topological polar surface area (TPSA) is 87.4 Å². The third-order valence-corrected chi connectivity index (χ3v) is 6.13. The third kappa shape index (κ3) is 4.38. The highest BCUT2D eigenvalue weighted by Crippen LogP contribution is 2.32.